The van der Waals surface area contributed by atoms with Crippen molar-refractivity contribution < 1.29 is 9.59 Å². The van der Waals surface area contributed by atoms with Crippen molar-refractivity contribution in [2.75, 3.05) is 23.7 Å². The smallest absolute Gasteiger partial charge is 0.321 e. The van der Waals surface area contributed by atoms with Gasteiger partial charge in [0.05, 0.1) is 0 Å². The van der Waals surface area contributed by atoms with Crippen LogP contribution in [0.25, 0.3) is 0 Å². The molecule has 1 saturated heterocycles. The highest BCUT2D eigenvalue weighted by atomic mass is 35.5. The SMILES string of the molecule is Cc1ccc(C)c(NC(=O)N2CCCC(c3nnc(C(=O)Nc4cccc(Cl)c4)s3)C2)c1. The molecule has 0 bridgehead atoms. The number of urea groups is 1. The number of amides is 3. The van der Waals surface area contributed by atoms with Gasteiger partial charge >= 0.3 is 6.03 Å². The summed E-state index contributed by atoms with van der Waals surface area (Å²) in [6.45, 7) is 5.21. The summed E-state index contributed by atoms with van der Waals surface area (Å²) in [5.74, 6) is -0.269. The highest BCUT2D eigenvalue weighted by Gasteiger charge is 2.28. The van der Waals surface area contributed by atoms with E-state index < -0.39 is 0 Å². The number of piperidine rings is 1. The normalized spacial score (nSPS) is 16.0. The number of nitrogens with zero attached hydrogens (tertiary/aromatic N) is 3. The largest absolute Gasteiger partial charge is 0.324 e. The van der Waals surface area contributed by atoms with Gasteiger partial charge in [-0.05, 0) is 62.1 Å². The van der Waals surface area contributed by atoms with Crippen molar-refractivity contribution in [1.29, 1.82) is 0 Å². The molecular formula is C23H24ClN5O2S. The van der Waals surface area contributed by atoms with Crippen LogP contribution >= 0.6 is 22.9 Å². The lowest BCUT2D eigenvalue weighted by molar-refractivity contribution is 0.102. The lowest BCUT2D eigenvalue weighted by Crippen LogP contribution is -2.41. The zero-order chi connectivity index (χ0) is 22.7. The van der Waals surface area contributed by atoms with Gasteiger partial charge in [0.25, 0.3) is 5.91 Å². The molecule has 166 valence electrons. The van der Waals surface area contributed by atoms with Gasteiger partial charge in [-0.2, -0.15) is 0 Å². The van der Waals surface area contributed by atoms with E-state index in [9.17, 15) is 9.59 Å². The predicted molar refractivity (Wildman–Crippen MR) is 128 cm³/mol. The Labute approximate surface area is 195 Å². The first kappa shape index (κ1) is 22.2. The van der Waals surface area contributed by atoms with Crippen LogP contribution in [0.3, 0.4) is 0 Å². The Morgan fingerprint density at radius 3 is 2.78 bits per heavy atom. The summed E-state index contributed by atoms with van der Waals surface area (Å²) in [6, 6.07) is 12.8. The zero-order valence-corrected chi connectivity index (χ0v) is 19.5. The third-order valence-corrected chi connectivity index (χ3v) is 6.73. The summed E-state index contributed by atoms with van der Waals surface area (Å²) in [5.41, 5.74) is 3.55. The van der Waals surface area contributed by atoms with Gasteiger partial charge in [-0.25, -0.2) is 4.79 Å². The topological polar surface area (TPSA) is 87.2 Å². The summed E-state index contributed by atoms with van der Waals surface area (Å²) in [4.78, 5) is 27.2. The van der Waals surface area contributed by atoms with Gasteiger partial charge in [0.15, 0.2) is 0 Å². The second kappa shape index (κ2) is 9.67. The lowest BCUT2D eigenvalue weighted by atomic mass is 9.99. The van der Waals surface area contributed by atoms with E-state index in [2.05, 4.69) is 20.8 Å². The standard InChI is InChI=1S/C23H24ClN5O2S/c1-14-8-9-15(2)19(11-14)26-23(31)29-10-4-5-16(13-29)21-27-28-22(32-21)20(30)25-18-7-3-6-17(24)12-18/h3,6-9,11-12,16H,4-5,10,13H2,1-2H3,(H,25,30)(H,26,31). The van der Waals surface area contributed by atoms with E-state index in [1.807, 2.05) is 36.9 Å². The van der Waals surface area contributed by atoms with Gasteiger partial charge in [0.2, 0.25) is 5.01 Å². The van der Waals surface area contributed by atoms with E-state index in [4.69, 9.17) is 11.6 Å². The maximum atomic E-state index is 12.9. The summed E-state index contributed by atoms with van der Waals surface area (Å²) in [6.07, 6.45) is 1.77. The highest BCUT2D eigenvalue weighted by Crippen LogP contribution is 2.30. The number of benzene rings is 2. The molecular weight excluding hydrogens is 446 g/mol. The molecule has 1 fully saturated rings. The second-order valence-electron chi connectivity index (χ2n) is 7.94. The fraction of sp³-hybridized carbons (Fsp3) is 0.304. The number of halogens is 1. The number of hydrogen-bond donors (Lipinski definition) is 2. The van der Waals surface area contributed by atoms with Crippen molar-refractivity contribution in [3.8, 4) is 0 Å². The summed E-state index contributed by atoms with van der Waals surface area (Å²) in [5, 5.41) is 15.7. The average Bonchev–Trinajstić information content (AvgIpc) is 3.27. The molecule has 4 rings (SSSR count). The Kier molecular flexibility index (Phi) is 6.72. The van der Waals surface area contributed by atoms with E-state index in [0.29, 0.717) is 23.8 Å². The number of aromatic nitrogens is 2. The average molecular weight is 470 g/mol. The Hall–Kier alpha value is -2.97. The van der Waals surface area contributed by atoms with Crippen molar-refractivity contribution in [1.82, 2.24) is 15.1 Å². The van der Waals surface area contributed by atoms with Gasteiger partial charge in [-0.3, -0.25) is 4.79 Å². The molecule has 3 amide bonds. The fourth-order valence-corrected chi connectivity index (χ4v) is 4.72. The number of anilines is 2. The highest BCUT2D eigenvalue weighted by molar-refractivity contribution is 7.13. The molecule has 1 aliphatic heterocycles. The molecule has 1 aromatic heterocycles. The van der Waals surface area contributed by atoms with Crippen LogP contribution in [0.5, 0.6) is 0 Å². The minimum Gasteiger partial charge on any atom is -0.324 e. The number of hydrogen-bond acceptors (Lipinski definition) is 5. The predicted octanol–water partition coefficient (Wildman–Crippen LogP) is 5.47. The zero-order valence-electron chi connectivity index (χ0n) is 17.9. The Bertz CT molecular complexity index is 1150. The van der Waals surface area contributed by atoms with Crippen LogP contribution in [0.1, 0.15) is 44.7 Å². The van der Waals surface area contributed by atoms with Crippen molar-refractivity contribution in [3.63, 3.8) is 0 Å². The third-order valence-electron chi connectivity index (χ3n) is 5.41. The number of nitrogens with one attached hydrogen (secondary N) is 2. The first-order chi connectivity index (χ1) is 15.4. The number of likely N-dealkylation sites (tertiary alicyclic amines) is 1. The van der Waals surface area contributed by atoms with Crippen molar-refractivity contribution in [2.45, 2.75) is 32.6 Å². The number of carbonyl (C=O) groups excluding carboxylic acids is 2. The Morgan fingerprint density at radius 1 is 1.12 bits per heavy atom. The quantitative estimate of drug-likeness (QED) is 0.530. The van der Waals surface area contributed by atoms with Crippen LogP contribution in [-0.2, 0) is 0 Å². The third kappa shape index (κ3) is 5.26. The van der Waals surface area contributed by atoms with Crippen LogP contribution in [0.2, 0.25) is 5.02 Å². The maximum Gasteiger partial charge on any atom is 0.321 e. The molecule has 2 aromatic carbocycles. The summed E-state index contributed by atoms with van der Waals surface area (Å²) in [7, 11) is 0. The van der Waals surface area contributed by atoms with Crippen LogP contribution < -0.4 is 10.6 Å². The molecule has 3 aromatic rings. The molecule has 0 aliphatic carbocycles. The molecule has 7 nitrogen and oxygen atoms in total. The number of carbonyl (C=O) groups is 2. The maximum absolute atomic E-state index is 12.9. The molecule has 0 saturated carbocycles. The number of aryl methyl sites for hydroxylation is 2. The molecule has 32 heavy (non-hydrogen) atoms. The first-order valence-corrected chi connectivity index (χ1v) is 11.6. The molecule has 0 radical (unpaired) electrons. The minimum atomic E-state index is -0.323. The fourth-order valence-electron chi connectivity index (χ4n) is 3.67. The van der Waals surface area contributed by atoms with Crippen LogP contribution in [-0.4, -0.2) is 40.1 Å². The van der Waals surface area contributed by atoms with Crippen LogP contribution in [0.4, 0.5) is 16.2 Å². The second-order valence-corrected chi connectivity index (χ2v) is 9.39. The van der Waals surface area contributed by atoms with E-state index in [0.717, 1.165) is 34.7 Å². The monoisotopic (exact) mass is 469 g/mol. The minimum absolute atomic E-state index is 0.0540. The van der Waals surface area contributed by atoms with E-state index >= 15 is 0 Å². The van der Waals surface area contributed by atoms with Crippen molar-refractivity contribution in [2.24, 2.45) is 0 Å². The van der Waals surface area contributed by atoms with E-state index in [-0.39, 0.29) is 22.9 Å². The molecule has 1 atom stereocenters. The van der Waals surface area contributed by atoms with Crippen molar-refractivity contribution >= 4 is 46.3 Å². The molecule has 1 unspecified atom stereocenters. The van der Waals surface area contributed by atoms with Gasteiger partial charge < -0.3 is 15.5 Å². The van der Waals surface area contributed by atoms with E-state index in [1.165, 1.54) is 11.3 Å². The Balaban J connectivity index is 1.40. The summed E-state index contributed by atoms with van der Waals surface area (Å²) >= 11 is 7.24. The molecule has 2 heterocycles. The van der Waals surface area contributed by atoms with Gasteiger partial charge in [-0.1, -0.05) is 41.1 Å². The van der Waals surface area contributed by atoms with Crippen LogP contribution in [0.15, 0.2) is 42.5 Å². The van der Waals surface area contributed by atoms with Gasteiger partial charge in [-0.15, -0.1) is 10.2 Å². The van der Waals surface area contributed by atoms with Gasteiger partial charge in [0, 0.05) is 35.4 Å². The first-order valence-electron chi connectivity index (χ1n) is 10.4. The molecule has 2 N–H and O–H groups in total. The molecule has 0 spiro atoms. The molecule has 9 heteroatoms. The van der Waals surface area contributed by atoms with Gasteiger partial charge in [0.1, 0.15) is 5.01 Å². The van der Waals surface area contributed by atoms with E-state index in [1.54, 1.807) is 24.3 Å². The molecule has 1 aliphatic rings. The number of rotatable bonds is 4. The Morgan fingerprint density at radius 2 is 1.97 bits per heavy atom. The van der Waals surface area contributed by atoms with Crippen LogP contribution in [0, 0.1) is 13.8 Å². The lowest BCUT2D eigenvalue weighted by Gasteiger charge is -2.31. The van der Waals surface area contributed by atoms with Crippen molar-refractivity contribution in [3.05, 3.63) is 68.6 Å². The summed E-state index contributed by atoms with van der Waals surface area (Å²) < 4.78 is 0.